The summed E-state index contributed by atoms with van der Waals surface area (Å²) in [5.41, 5.74) is 0. The SMILES string of the molecule is CC(=O)N1CCN(C(=O)N2CCC(C(=O)O)C2C)CC1. The molecular formula is C13H21N3O4. The van der Waals surface area contributed by atoms with Crippen molar-refractivity contribution in [2.24, 2.45) is 5.92 Å². The van der Waals surface area contributed by atoms with Crippen LogP contribution in [-0.4, -0.2) is 76.5 Å². The molecule has 7 nitrogen and oxygen atoms in total. The van der Waals surface area contributed by atoms with Crippen LogP contribution in [0.2, 0.25) is 0 Å². The molecule has 3 amide bonds. The van der Waals surface area contributed by atoms with Crippen molar-refractivity contribution in [3.05, 3.63) is 0 Å². The molecule has 112 valence electrons. The highest BCUT2D eigenvalue weighted by Gasteiger charge is 2.40. The maximum atomic E-state index is 12.4. The molecule has 7 heteroatoms. The molecule has 0 aromatic rings. The van der Waals surface area contributed by atoms with Gasteiger partial charge in [0, 0.05) is 45.7 Å². The van der Waals surface area contributed by atoms with Gasteiger partial charge in [0.15, 0.2) is 0 Å². The average Bonchev–Trinajstić information content (AvgIpc) is 2.80. The maximum absolute atomic E-state index is 12.4. The summed E-state index contributed by atoms with van der Waals surface area (Å²) < 4.78 is 0. The van der Waals surface area contributed by atoms with Gasteiger partial charge in [0.1, 0.15) is 0 Å². The van der Waals surface area contributed by atoms with Gasteiger partial charge in [0.2, 0.25) is 5.91 Å². The largest absolute Gasteiger partial charge is 0.481 e. The maximum Gasteiger partial charge on any atom is 0.320 e. The number of urea groups is 1. The monoisotopic (exact) mass is 283 g/mol. The van der Waals surface area contributed by atoms with Gasteiger partial charge in [-0.3, -0.25) is 9.59 Å². The standard InChI is InChI=1S/C13H21N3O4/c1-9-11(12(18)19)3-4-16(9)13(20)15-7-5-14(6-8-15)10(2)17/h9,11H,3-8H2,1-2H3,(H,18,19). The minimum atomic E-state index is -0.839. The van der Waals surface area contributed by atoms with Crippen molar-refractivity contribution < 1.29 is 19.5 Å². The van der Waals surface area contributed by atoms with E-state index >= 15 is 0 Å². The van der Waals surface area contributed by atoms with E-state index in [0.29, 0.717) is 39.1 Å². The molecule has 1 N–H and O–H groups in total. The molecule has 2 saturated heterocycles. The van der Waals surface area contributed by atoms with Gasteiger partial charge in [-0.15, -0.1) is 0 Å². The highest BCUT2D eigenvalue weighted by atomic mass is 16.4. The summed E-state index contributed by atoms with van der Waals surface area (Å²) in [6.07, 6.45) is 0.510. The lowest BCUT2D eigenvalue weighted by molar-refractivity contribution is -0.142. The van der Waals surface area contributed by atoms with Crippen molar-refractivity contribution >= 4 is 17.9 Å². The Morgan fingerprint density at radius 3 is 2.00 bits per heavy atom. The minimum Gasteiger partial charge on any atom is -0.481 e. The van der Waals surface area contributed by atoms with E-state index in [9.17, 15) is 14.4 Å². The number of hydrogen-bond donors (Lipinski definition) is 1. The van der Waals surface area contributed by atoms with Crippen LogP contribution in [-0.2, 0) is 9.59 Å². The zero-order valence-corrected chi connectivity index (χ0v) is 11.9. The van der Waals surface area contributed by atoms with Crippen LogP contribution in [0.15, 0.2) is 0 Å². The van der Waals surface area contributed by atoms with Gasteiger partial charge in [-0.05, 0) is 13.3 Å². The van der Waals surface area contributed by atoms with Crippen LogP contribution >= 0.6 is 0 Å². The molecule has 2 aliphatic heterocycles. The molecule has 2 aliphatic rings. The number of carboxylic acids is 1. The molecule has 0 saturated carbocycles. The van der Waals surface area contributed by atoms with Crippen molar-refractivity contribution in [1.82, 2.24) is 14.7 Å². The number of carbonyl (C=O) groups is 3. The quantitative estimate of drug-likeness (QED) is 0.738. The van der Waals surface area contributed by atoms with Gasteiger partial charge in [-0.1, -0.05) is 0 Å². The van der Waals surface area contributed by atoms with Crippen LogP contribution < -0.4 is 0 Å². The first-order chi connectivity index (χ1) is 9.41. The van der Waals surface area contributed by atoms with Crippen molar-refractivity contribution in [3.63, 3.8) is 0 Å². The molecular weight excluding hydrogens is 262 g/mol. The van der Waals surface area contributed by atoms with Gasteiger partial charge in [0.25, 0.3) is 0 Å². The number of piperazine rings is 1. The molecule has 20 heavy (non-hydrogen) atoms. The van der Waals surface area contributed by atoms with Gasteiger partial charge in [0.05, 0.1) is 5.92 Å². The molecule has 2 fully saturated rings. The van der Waals surface area contributed by atoms with Crippen LogP contribution in [0.3, 0.4) is 0 Å². The van der Waals surface area contributed by atoms with Gasteiger partial charge < -0.3 is 19.8 Å². The van der Waals surface area contributed by atoms with Gasteiger partial charge in [-0.2, -0.15) is 0 Å². The summed E-state index contributed by atoms with van der Waals surface area (Å²) in [6, 6.07) is -0.379. The third kappa shape index (κ3) is 2.71. The van der Waals surface area contributed by atoms with Crippen molar-refractivity contribution in [2.45, 2.75) is 26.3 Å². The average molecular weight is 283 g/mol. The van der Waals surface area contributed by atoms with E-state index in [2.05, 4.69) is 0 Å². The van der Waals surface area contributed by atoms with Crippen LogP contribution in [0.4, 0.5) is 4.79 Å². The lowest BCUT2D eigenvalue weighted by Gasteiger charge is -2.37. The van der Waals surface area contributed by atoms with E-state index in [-0.39, 0.29) is 18.0 Å². The first-order valence-electron chi connectivity index (χ1n) is 6.95. The Hall–Kier alpha value is -1.79. The zero-order valence-electron chi connectivity index (χ0n) is 11.9. The molecule has 2 atom stereocenters. The number of carbonyl (C=O) groups excluding carboxylic acids is 2. The van der Waals surface area contributed by atoms with Crippen molar-refractivity contribution in [3.8, 4) is 0 Å². The van der Waals surface area contributed by atoms with E-state index in [0.717, 1.165) is 0 Å². The second kappa shape index (κ2) is 5.68. The Morgan fingerprint density at radius 2 is 1.55 bits per heavy atom. The summed E-state index contributed by atoms with van der Waals surface area (Å²) in [4.78, 5) is 39.8. The number of carboxylic acid groups (broad SMARTS) is 1. The Kier molecular flexibility index (Phi) is 4.15. The lowest BCUT2D eigenvalue weighted by atomic mass is 10.0. The van der Waals surface area contributed by atoms with Crippen molar-refractivity contribution in [2.75, 3.05) is 32.7 Å². The number of nitrogens with zero attached hydrogens (tertiary/aromatic N) is 3. The number of aliphatic carboxylic acids is 1. The summed E-state index contributed by atoms with van der Waals surface area (Å²) in [6.45, 7) is 5.92. The van der Waals surface area contributed by atoms with E-state index in [1.165, 1.54) is 6.92 Å². The first-order valence-corrected chi connectivity index (χ1v) is 6.95. The van der Waals surface area contributed by atoms with Crippen LogP contribution in [0.5, 0.6) is 0 Å². The molecule has 2 heterocycles. The molecule has 0 radical (unpaired) electrons. The highest BCUT2D eigenvalue weighted by molar-refractivity contribution is 5.79. The Balaban J connectivity index is 1.93. The Bertz CT molecular complexity index is 418. The van der Waals surface area contributed by atoms with Crippen LogP contribution in [0.25, 0.3) is 0 Å². The summed E-state index contributed by atoms with van der Waals surface area (Å²) in [5, 5.41) is 9.09. The number of likely N-dealkylation sites (tertiary alicyclic amines) is 1. The molecule has 0 spiro atoms. The Morgan fingerprint density at radius 1 is 1.00 bits per heavy atom. The predicted octanol–water partition coefficient (Wildman–Crippen LogP) is 0.0655. The number of rotatable bonds is 1. The second-order valence-corrected chi connectivity index (χ2v) is 5.44. The lowest BCUT2D eigenvalue weighted by Crippen LogP contribution is -2.54. The molecule has 2 unspecified atom stereocenters. The minimum absolute atomic E-state index is 0.0255. The third-order valence-corrected chi connectivity index (χ3v) is 4.31. The summed E-state index contributed by atoms with van der Waals surface area (Å²) in [7, 11) is 0. The topological polar surface area (TPSA) is 81.2 Å². The number of amides is 3. The van der Waals surface area contributed by atoms with E-state index < -0.39 is 11.9 Å². The van der Waals surface area contributed by atoms with Crippen LogP contribution in [0.1, 0.15) is 20.3 Å². The van der Waals surface area contributed by atoms with Crippen molar-refractivity contribution in [1.29, 1.82) is 0 Å². The highest BCUT2D eigenvalue weighted by Crippen LogP contribution is 2.25. The van der Waals surface area contributed by atoms with E-state index in [1.807, 2.05) is 0 Å². The normalized spacial score (nSPS) is 26.8. The van der Waals surface area contributed by atoms with Gasteiger partial charge >= 0.3 is 12.0 Å². The van der Waals surface area contributed by atoms with Gasteiger partial charge in [-0.25, -0.2) is 4.79 Å². The van der Waals surface area contributed by atoms with E-state index in [4.69, 9.17) is 5.11 Å². The second-order valence-electron chi connectivity index (χ2n) is 5.44. The van der Waals surface area contributed by atoms with E-state index in [1.54, 1.807) is 21.6 Å². The number of hydrogen-bond acceptors (Lipinski definition) is 3. The smallest absolute Gasteiger partial charge is 0.320 e. The zero-order chi connectivity index (χ0) is 14.9. The molecule has 0 aromatic carbocycles. The molecule has 0 aliphatic carbocycles. The summed E-state index contributed by atoms with van der Waals surface area (Å²) in [5.74, 6) is -1.29. The summed E-state index contributed by atoms with van der Waals surface area (Å²) >= 11 is 0. The predicted molar refractivity (Wildman–Crippen MR) is 71.1 cm³/mol. The molecule has 2 rings (SSSR count). The fourth-order valence-electron chi connectivity index (χ4n) is 2.93. The fraction of sp³-hybridized carbons (Fsp3) is 0.769. The molecule has 0 bridgehead atoms. The Labute approximate surface area is 118 Å². The first kappa shape index (κ1) is 14.6. The van der Waals surface area contributed by atoms with Crippen LogP contribution in [0, 0.1) is 5.92 Å². The fourth-order valence-corrected chi connectivity index (χ4v) is 2.93. The third-order valence-electron chi connectivity index (χ3n) is 4.31. The molecule has 0 aromatic heterocycles.